The van der Waals surface area contributed by atoms with E-state index in [2.05, 4.69) is 10.6 Å². The maximum atomic E-state index is 12.5. The van der Waals surface area contributed by atoms with Crippen LogP contribution in [0.2, 0.25) is 10.0 Å². The van der Waals surface area contributed by atoms with E-state index in [9.17, 15) is 9.59 Å². The molecule has 144 valence electrons. The minimum Gasteiger partial charge on any atom is -0.493 e. The normalized spacial score (nSPS) is 10.4. The molecule has 2 N–H and O–H groups in total. The zero-order valence-corrected chi connectivity index (χ0v) is 16.6. The first-order chi connectivity index (χ1) is 12.8. The second-order valence-electron chi connectivity index (χ2n) is 5.95. The Morgan fingerprint density at radius 3 is 2.48 bits per heavy atom. The SMILES string of the molecule is COc1cc(C(=O)Nc2cc(Cl)ccc2Cl)ccc1OCC(=O)NC(C)C. The van der Waals surface area contributed by atoms with Crippen LogP contribution in [-0.4, -0.2) is 31.6 Å². The fourth-order valence-electron chi connectivity index (χ4n) is 2.22. The van der Waals surface area contributed by atoms with Crippen LogP contribution >= 0.6 is 23.2 Å². The van der Waals surface area contributed by atoms with Gasteiger partial charge in [-0.3, -0.25) is 9.59 Å². The molecule has 0 aliphatic carbocycles. The standard InChI is InChI=1S/C19H20Cl2N2O4/c1-11(2)22-18(24)10-27-16-7-4-12(8-17(16)26-3)19(25)23-15-9-13(20)5-6-14(15)21/h4-9,11H,10H2,1-3H3,(H,22,24)(H,23,25). The van der Waals surface area contributed by atoms with Gasteiger partial charge >= 0.3 is 0 Å². The molecule has 0 aromatic heterocycles. The highest BCUT2D eigenvalue weighted by molar-refractivity contribution is 6.35. The molecule has 0 spiro atoms. The van der Waals surface area contributed by atoms with Crippen molar-refractivity contribution in [1.82, 2.24) is 5.32 Å². The molecular weight excluding hydrogens is 391 g/mol. The molecule has 0 bridgehead atoms. The lowest BCUT2D eigenvalue weighted by Gasteiger charge is -2.13. The third-order valence-electron chi connectivity index (χ3n) is 3.41. The number of methoxy groups -OCH3 is 1. The number of amides is 2. The summed E-state index contributed by atoms with van der Waals surface area (Å²) in [4.78, 5) is 24.2. The molecule has 0 aliphatic rings. The van der Waals surface area contributed by atoms with Gasteiger partial charge in [0, 0.05) is 16.6 Å². The topological polar surface area (TPSA) is 76.7 Å². The second-order valence-corrected chi connectivity index (χ2v) is 6.80. The summed E-state index contributed by atoms with van der Waals surface area (Å²) >= 11 is 12.0. The zero-order valence-electron chi connectivity index (χ0n) is 15.1. The maximum Gasteiger partial charge on any atom is 0.258 e. The first-order valence-corrected chi connectivity index (χ1v) is 8.92. The molecule has 2 aromatic carbocycles. The largest absolute Gasteiger partial charge is 0.493 e. The second kappa shape index (κ2) is 9.48. The number of anilines is 1. The van der Waals surface area contributed by atoms with Crippen LogP contribution in [0, 0.1) is 0 Å². The van der Waals surface area contributed by atoms with Gasteiger partial charge in [-0.15, -0.1) is 0 Å². The van der Waals surface area contributed by atoms with Crippen molar-refractivity contribution in [2.75, 3.05) is 19.0 Å². The summed E-state index contributed by atoms with van der Waals surface area (Å²) in [6.07, 6.45) is 0. The molecule has 0 unspecified atom stereocenters. The van der Waals surface area contributed by atoms with E-state index in [4.69, 9.17) is 32.7 Å². The highest BCUT2D eigenvalue weighted by Crippen LogP contribution is 2.30. The van der Waals surface area contributed by atoms with Crippen LogP contribution in [0.4, 0.5) is 5.69 Å². The lowest BCUT2D eigenvalue weighted by Crippen LogP contribution is -2.34. The minimum absolute atomic E-state index is 0.0207. The van der Waals surface area contributed by atoms with Gasteiger partial charge in [-0.25, -0.2) is 0 Å². The van der Waals surface area contributed by atoms with Gasteiger partial charge in [0.1, 0.15) is 0 Å². The number of carbonyl (C=O) groups is 2. The van der Waals surface area contributed by atoms with Crippen molar-refractivity contribution in [1.29, 1.82) is 0 Å². The summed E-state index contributed by atoms with van der Waals surface area (Å²) in [5, 5.41) is 6.24. The van der Waals surface area contributed by atoms with E-state index in [1.54, 1.807) is 30.3 Å². The summed E-state index contributed by atoms with van der Waals surface area (Å²) < 4.78 is 10.7. The van der Waals surface area contributed by atoms with E-state index in [1.807, 2.05) is 13.8 Å². The number of ether oxygens (including phenoxy) is 2. The van der Waals surface area contributed by atoms with Crippen molar-refractivity contribution >= 4 is 40.7 Å². The number of carbonyl (C=O) groups excluding carboxylic acids is 2. The summed E-state index contributed by atoms with van der Waals surface area (Å²) in [6, 6.07) is 9.45. The van der Waals surface area contributed by atoms with Crippen molar-refractivity contribution in [3.63, 3.8) is 0 Å². The van der Waals surface area contributed by atoms with E-state index in [0.29, 0.717) is 32.8 Å². The van der Waals surface area contributed by atoms with E-state index in [-0.39, 0.29) is 24.5 Å². The molecule has 0 saturated heterocycles. The first-order valence-electron chi connectivity index (χ1n) is 8.16. The van der Waals surface area contributed by atoms with Gasteiger partial charge in [-0.05, 0) is 50.2 Å². The average Bonchev–Trinajstić information content (AvgIpc) is 2.62. The molecule has 6 nitrogen and oxygen atoms in total. The Kier molecular flexibility index (Phi) is 7.33. The summed E-state index contributed by atoms with van der Waals surface area (Å²) in [5.41, 5.74) is 0.737. The Balaban J connectivity index is 2.11. The Morgan fingerprint density at radius 2 is 1.81 bits per heavy atom. The highest BCUT2D eigenvalue weighted by atomic mass is 35.5. The number of hydrogen-bond acceptors (Lipinski definition) is 4. The van der Waals surface area contributed by atoms with Gasteiger partial charge < -0.3 is 20.1 Å². The smallest absolute Gasteiger partial charge is 0.258 e. The molecule has 0 saturated carbocycles. The van der Waals surface area contributed by atoms with Gasteiger partial charge in [0.05, 0.1) is 17.8 Å². The van der Waals surface area contributed by atoms with Crippen LogP contribution in [0.15, 0.2) is 36.4 Å². The lowest BCUT2D eigenvalue weighted by molar-refractivity contribution is -0.123. The molecule has 0 aliphatic heterocycles. The van der Waals surface area contributed by atoms with Crippen molar-refractivity contribution in [2.24, 2.45) is 0 Å². The van der Waals surface area contributed by atoms with Crippen molar-refractivity contribution in [3.05, 3.63) is 52.0 Å². The summed E-state index contributed by atoms with van der Waals surface area (Å²) in [5.74, 6) is 0.0528. The van der Waals surface area contributed by atoms with Crippen LogP contribution in [0.1, 0.15) is 24.2 Å². The Hall–Kier alpha value is -2.44. The van der Waals surface area contributed by atoms with Gasteiger partial charge in [0.2, 0.25) is 0 Å². The van der Waals surface area contributed by atoms with Crippen molar-refractivity contribution in [3.8, 4) is 11.5 Å². The van der Waals surface area contributed by atoms with Crippen LogP contribution < -0.4 is 20.1 Å². The molecule has 0 heterocycles. The molecule has 2 aromatic rings. The predicted octanol–water partition coefficient (Wildman–Crippen LogP) is 4.16. The number of benzene rings is 2. The van der Waals surface area contributed by atoms with Gasteiger partial charge in [-0.2, -0.15) is 0 Å². The van der Waals surface area contributed by atoms with Crippen LogP contribution in [0.25, 0.3) is 0 Å². The summed E-state index contributed by atoms with van der Waals surface area (Å²) in [6.45, 7) is 3.56. The monoisotopic (exact) mass is 410 g/mol. The average molecular weight is 411 g/mol. The minimum atomic E-state index is -0.387. The fourth-order valence-corrected chi connectivity index (χ4v) is 2.56. The quantitative estimate of drug-likeness (QED) is 0.718. The molecule has 0 radical (unpaired) electrons. The maximum absolute atomic E-state index is 12.5. The predicted molar refractivity (Wildman–Crippen MR) is 106 cm³/mol. The molecule has 0 atom stereocenters. The number of nitrogens with one attached hydrogen (secondary N) is 2. The molecule has 0 fully saturated rings. The van der Waals surface area contributed by atoms with E-state index >= 15 is 0 Å². The lowest BCUT2D eigenvalue weighted by atomic mass is 10.2. The highest BCUT2D eigenvalue weighted by Gasteiger charge is 2.14. The van der Waals surface area contributed by atoms with Crippen molar-refractivity contribution in [2.45, 2.75) is 19.9 Å². The van der Waals surface area contributed by atoms with Crippen LogP contribution in [0.5, 0.6) is 11.5 Å². The van der Waals surface area contributed by atoms with Gasteiger partial charge in [-0.1, -0.05) is 23.2 Å². The van der Waals surface area contributed by atoms with Gasteiger partial charge in [0.15, 0.2) is 18.1 Å². The Bertz CT molecular complexity index is 840. The van der Waals surface area contributed by atoms with Crippen LogP contribution in [0.3, 0.4) is 0 Å². The molecule has 2 rings (SSSR count). The summed E-state index contributed by atoms with van der Waals surface area (Å²) in [7, 11) is 1.45. The van der Waals surface area contributed by atoms with E-state index < -0.39 is 0 Å². The molecular formula is C19H20Cl2N2O4. The van der Waals surface area contributed by atoms with Crippen molar-refractivity contribution < 1.29 is 19.1 Å². The number of hydrogen-bond donors (Lipinski definition) is 2. The number of rotatable bonds is 7. The Morgan fingerprint density at radius 1 is 1.07 bits per heavy atom. The third-order valence-corrected chi connectivity index (χ3v) is 3.98. The number of halogens is 2. The molecule has 8 heteroatoms. The molecule has 27 heavy (non-hydrogen) atoms. The first kappa shape index (κ1) is 20.9. The third kappa shape index (κ3) is 6.05. The van der Waals surface area contributed by atoms with E-state index in [0.717, 1.165) is 0 Å². The van der Waals surface area contributed by atoms with Gasteiger partial charge in [0.25, 0.3) is 11.8 Å². The Labute approximate surface area is 167 Å². The van der Waals surface area contributed by atoms with E-state index in [1.165, 1.54) is 13.2 Å². The van der Waals surface area contributed by atoms with Crippen LogP contribution in [-0.2, 0) is 4.79 Å². The zero-order chi connectivity index (χ0) is 20.0. The fraction of sp³-hybridized carbons (Fsp3) is 0.263. The molecule has 2 amide bonds.